The van der Waals surface area contributed by atoms with Crippen molar-refractivity contribution >= 4 is 40.4 Å². The number of hydrogen-bond acceptors (Lipinski definition) is 6. The average Bonchev–Trinajstić information content (AvgIpc) is 3.46. The molecule has 1 aromatic heterocycles. The van der Waals surface area contributed by atoms with Gasteiger partial charge in [0.25, 0.3) is 11.8 Å². The molecule has 1 N–H and O–H groups in total. The SMILES string of the molecule is COCCN(CC(=O)Nc1ccc(N2CCN(C(=O)c3ccc(C)cc3)CC2)cc1)C(=O)c1cccs1. The highest BCUT2D eigenvalue weighted by atomic mass is 32.1. The van der Waals surface area contributed by atoms with E-state index < -0.39 is 0 Å². The second kappa shape index (κ2) is 12.5. The van der Waals surface area contributed by atoms with E-state index in [2.05, 4.69) is 10.2 Å². The Bertz CT molecular complexity index is 1190. The number of ether oxygens (including phenoxy) is 1. The molecule has 2 heterocycles. The third kappa shape index (κ3) is 6.96. The fourth-order valence-electron chi connectivity index (χ4n) is 4.19. The van der Waals surface area contributed by atoms with Crippen LogP contribution in [0.15, 0.2) is 66.0 Å². The van der Waals surface area contributed by atoms with Crippen LogP contribution in [-0.4, -0.2) is 80.5 Å². The third-order valence-electron chi connectivity index (χ3n) is 6.30. The maximum atomic E-state index is 12.8. The number of thiophene rings is 1. The monoisotopic (exact) mass is 520 g/mol. The summed E-state index contributed by atoms with van der Waals surface area (Å²) < 4.78 is 5.11. The van der Waals surface area contributed by atoms with Crippen LogP contribution in [0, 0.1) is 6.92 Å². The molecule has 3 amide bonds. The molecule has 0 aliphatic carbocycles. The van der Waals surface area contributed by atoms with E-state index in [-0.39, 0.29) is 24.3 Å². The Morgan fingerprint density at radius 3 is 2.30 bits per heavy atom. The van der Waals surface area contributed by atoms with Crippen LogP contribution >= 0.6 is 11.3 Å². The molecule has 0 spiro atoms. The molecule has 0 radical (unpaired) electrons. The summed E-state index contributed by atoms with van der Waals surface area (Å²) in [6.45, 7) is 5.42. The van der Waals surface area contributed by atoms with Crippen LogP contribution in [0.1, 0.15) is 25.6 Å². The van der Waals surface area contributed by atoms with Crippen LogP contribution in [0.5, 0.6) is 0 Å². The number of anilines is 2. The molecule has 8 nitrogen and oxygen atoms in total. The van der Waals surface area contributed by atoms with Gasteiger partial charge < -0.3 is 24.8 Å². The number of amides is 3. The number of hydrogen-bond donors (Lipinski definition) is 1. The normalized spacial score (nSPS) is 13.4. The smallest absolute Gasteiger partial charge is 0.264 e. The Labute approximate surface area is 221 Å². The van der Waals surface area contributed by atoms with Crippen molar-refractivity contribution in [2.24, 2.45) is 0 Å². The minimum absolute atomic E-state index is 0.0567. The van der Waals surface area contributed by atoms with Crippen molar-refractivity contribution in [3.05, 3.63) is 82.0 Å². The Kier molecular flexibility index (Phi) is 8.92. The maximum absolute atomic E-state index is 12.8. The molecule has 1 fully saturated rings. The highest BCUT2D eigenvalue weighted by molar-refractivity contribution is 7.12. The molecule has 3 aromatic rings. The summed E-state index contributed by atoms with van der Waals surface area (Å²) in [5.74, 6) is -0.385. The van der Waals surface area contributed by atoms with Crippen molar-refractivity contribution < 1.29 is 19.1 Å². The fourth-order valence-corrected chi connectivity index (χ4v) is 4.88. The van der Waals surface area contributed by atoms with Crippen LogP contribution in [0.4, 0.5) is 11.4 Å². The topological polar surface area (TPSA) is 82.2 Å². The highest BCUT2D eigenvalue weighted by Gasteiger charge is 2.23. The summed E-state index contributed by atoms with van der Waals surface area (Å²) in [5.41, 5.74) is 3.56. The number of rotatable bonds is 9. The summed E-state index contributed by atoms with van der Waals surface area (Å²) in [6.07, 6.45) is 0. The van der Waals surface area contributed by atoms with Crippen molar-refractivity contribution in [2.45, 2.75) is 6.92 Å². The summed E-state index contributed by atoms with van der Waals surface area (Å²) in [4.78, 5) is 44.4. The first-order valence-corrected chi connectivity index (χ1v) is 13.1. The van der Waals surface area contributed by atoms with E-state index in [0.29, 0.717) is 36.8 Å². The number of nitrogens with zero attached hydrogens (tertiary/aromatic N) is 3. The van der Waals surface area contributed by atoms with Gasteiger partial charge in [0.2, 0.25) is 5.91 Å². The van der Waals surface area contributed by atoms with E-state index in [0.717, 1.165) is 29.9 Å². The van der Waals surface area contributed by atoms with Gasteiger partial charge in [-0.05, 0) is 54.8 Å². The van der Waals surface area contributed by atoms with E-state index in [4.69, 9.17) is 4.74 Å². The summed E-state index contributed by atoms with van der Waals surface area (Å²) >= 11 is 1.35. The lowest BCUT2D eigenvalue weighted by molar-refractivity contribution is -0.117. The lowest BCUT2D eigenvalue weighted by Gasteiger charge is -2.36. The van der Waals surface area contributed by atoms with Crippen molar-refractivity contribution in [1.29, 1.82) is 0 Å². The lowest BCUT2D eigenvalue weighted by Crippen LogP contribution is -2.48. The van der Waals surface area contributed by atoms with E-state index >= 15 is 0 Å². The minimum Gasteiger partial charge on any atom is -0.383 e. The molecular formula is C28H32N4O4S. The minimum atomic E-state index is -0.267. The number of aryl methyl sites for hydroxylation is 1. The number of nitrogens with one attached hydrogen (secondary N) is 1. The molecule has 0 unspecified atom stereocenters. The van der Waals surface area contributed by atoms with Gasteiger partial charge in [-0.25, -0.2) is 0 Å². The Hall–Kier alpha value is -3.69. The predicted molar refractivity (Wildman–Crippen MR) is 146 cm³/mol. The molecule has 2 aromatic carbocycles. The van der Waals surface area contributed by atoms with Gasteiger partial charge in [-0.1, -0.05) is 23.8 Å². The summed E-state index contributed by atoms with van der Waals surface area (Å²) in [7, 11) is 1.57. The summed E-state index contributed by atoms with van der Waals surface area (Å²) in [6, 6.07) is 18.9. The number of piperazine rings is 1. The molecule has 37 heavy (non-hydrogen) atoms. The second-order valence-electron chi connectivity index (χ2n) is 8.94. The third-order valence-corrected chi connectivity index (χ3v) is 7.16. The van der Waals surface area contributed by atoms with Crippen LogP contribution in [0.3, 0.4) is 0 Å². The Morgan fingerprint density at radius 2 is 1.68 bits per heavy atom. The van der Waals surface area contributed by atoms with Gasteiger partial charge in [0, 0.05) is 56.8 Å². The van der Waals surface area contributed by atoms with E-state index in [9.17, 15) is 14.4 Å². The molecular weight excluding hydrogens is 488 g/mol. The standard InChI is InChI=1S/C28H32N4O4S/c1-21-5-7-22(8-6-21)27(34)31-15-13-30(14-16-31)24-11-9-23(10-12-24)29-26(33)20-32(17-18-36-2)28(35)25-4-3-19-37-25/h3-12,19H,13-18,20H2,1-2H3,(H,29,33). The van der Waals surface area contributed by atoms with E-state index in [1.54, 1.807) is 13.2 Å². The predicted octanol–water partition coefficient (Wildman–Crippen LogP) is 3.75. The Morgan fingerprint density at radius 1 is 0.973 bits per heavy atom. The van der Waals surface area contributed by atoms with Crippen LogP contribution in [-0.2, 0) is 9.53 Å². The van der Waals surface area contributed by atoms with E-state index in [1.165, 1.54) is 16.2 Å². The molecule has 4 rings (SSSR count). The molecule has 1 aliphatic heterocycles. The highest BCUT2D eigenvalue weighted by Crippen LogP contribution is 2.21. The number of benzene rings is 2. The number of carbonyl (C=O) groups excluding carboxylic acids is 3. The van der Waals surface area contributed by atoms with Crippen molar-refractivity contribution in [3.8, 4) is 0 Å². The number of methoxy groups -OCH3 is 1. The van der Waals surface area contributed by atoms with Crippen molar-refractivity contribution in [2.75, 3.05) is 63.2 Å². The molecule has 0 saturated carbocycles. The van der Waals surface area contributed by atoms with Gasteiger partial charge in [0.1, 0.15) is 6.54 Å². The zero-order valence-corrected chi connectivity index (χ0v) is 22.0. The largest absolute Gasteiger partial charge is 0.383 e. The van der Waals surface area contributed by atoms with Gasteiger partial charge in [-0.3, -0.25) is 14.4 Å². The lowest BCUT2D eigenvalue weighted by atomic mass is 10.1. The molecule has 0 atom stereocenters. The second-order valence-corrected chi connectivity index (χ2v) is 9.88. The summed E-state index contributed by atoms with van der Waals surface area (Å²) in [5, 5.41) is 4.72. The first-order chi connectivity index (χ1) is 17.9. The first kappa shape index (κ1) is 26.4. The van der Waals surface area contributed by atoms with Crippen molar-refractivity contribution in [3.63, 3.8) is 0 Å². The van der Waals surface area contributed by atoms with E-state index in [1.807, 2.05) is 71.8 Å². The van der Waals surface area contributed by atoms with Gasteiger partial charge in [-0.15, -0.1) is 11.3 Å². The molecule has 1 saturated heterocycles. The van der Waals surface area contributed by atoms with Gasteiger partial charge in [0.15, 0.2) is 0 Å². The fraction of sp³-hybridized carbons (Fsp3) is 0.321. The van der Waals surface area contributed by atoms with Crippen LogP contribution in [0.2, 0.25) is 0 Å². The van der Waals surface area contributed by atoms with Gasteiger partial charge in [0.05, 0.1) is 11.5 Å². The van der Waals surface area contributed by atoms with Crippen molar-refractivity contribution in [1.82, 2.24) is 9.80 Å². The molecule has 1 aliphatic rings. The van der Waals surface area contributed by atoms with Crippen LogP contribution in [0.25, 0.3) is 0 Å². The van der Waals surface area contributed by atoms with Gasteiger partial charge >= 0.3 is 0 Å². The average molecular weight is 521 g/mol. The van der Waals surface area contributed by atoms with Crippen LogP contribution < -0.4 is 10.2 Å². The molecule has 0 bridgehead atoms. The van der Waals surface area contributed by atoms with Gasteiger partial charge in [-0.2, -0.15) is 0 Å². The molecule has 194 valence electrons. The first-order valence-electron chi connectivity index (χ1n) is 12.3. The quantitative estimate of drug-likeness (QED) is 0.465. The number of carbonyl (C=O) groups is 3. The molecule has 9 heteroatoms. The zero-order valence-electron chi connectivity index (χ0n) is 21.2. The Balaban J connectivity index is 1.29. The zero-order chi connectivity index (χ0) is 26.2. The maximum Gasteiger partial charge on any atom is 0.264 e.